The highest BCUT2D eigenvalue weighted by atomic mass is 14.4. The third-order valence-corrected chi connectivity index (χ3v) is 11.0. The monoisotopic (exact) mass is 656 g/mol. The summed E-state index contributed by atoms with van der Waals surface area (Å²) in [5.41, 5.74) is 9.65. The van der Waals surface area contributed by atoms with Gasteiger partial charge in [0.05, 0.1) is 0 Å². The van der Waals surface area contributed by atoms with E-state index in [0.717, 1.165) is 12.3 Å². The molecule has 1 fully saturated rings. The van der Waals surface area contributed by atoms with Crippen LogP contribution in [0.25, 0.3) is 76.1 Å². The predicted octanol–water partition coefficient (Wildman–Crippen LogP) is 14.5. The topological polar surface area (TPSA) is 0 Å². The van der Waals surface area contributed by atoms with Crippen LogP contribution in [-0.4, -0.2) is 0 Å². The Hall–Kier alpha value is -5.46. The lowest BCUT2D eigenvalue weighted by Crippen LogP contribution is -1.97. The zero-order valence-corrected chi connectivity index (χ0v) is 30.1. The van der Waals surface area contributed by atoms with Crippen molar-refractivity contribution in [3.63, 3.8) is 0 Å². The Morgan fingerprint density at radius 2 is 1.02 bits per heavy atom. The summed E-state index contributed by atoms with van der Waals surface area (Å²) >= 11 is 0. The van der Waals surface area contributed by atoms with Crippen LogP contribution in [-0.2, 0) is 6.42 Å². The maximum Gasteiger partial charge on any atom is -0.00176 e. The molecule has 1 aliphatic carbocycles. The molecular formula is C51H44. The molecule has 0 saturated heterocycles. The molecule has 0 spiro atoms. The first-order valence-electron chi connectivity index (χ1n) is 18.7. The second-order valence-corrected chi connectivity index (χ2v) is 15.5. The van der Waals surface area contributed by atoms with Gasteiger partial charge in [0.25, 0.3) is 0 Å². The molecule has 0 amide bonds. The Bertz CT molecular complexity index is 2710. The molecular weight excluding hydrogens is 613 g/mol. The normalized spacial score (nSPS) is 15.6. The van der Waals surface area contributed by atoms with Gasteiger partial charge < -0.3 is 0 Å². The van der Waals surface area contributed by atoms with Crippen molar-refractivity contribution in [3.05, 3.63) is 168 Å². The van der Waals surface area contributed by atoms with E-state index in [4.69, 9.17) is 0 Å². The lowest BCUT2D eigenvalue weighted by atomic mass is 9.84. The molecule has 0 heteroatoms. The van der Waals surface area contributed by atoms with Gasteiger partial charge in [0, 0.05) is 0 Å². The zero-order valence-electron chi connectivity index (χ0n) is 30.1. The Morgan fingerprint density at radius 3 is 1.71 bits per heavy atom. The van der Waals surface area contributed by atoms with Crippen LogP contribution in [0.3, 0.4) is 0 Å². The van der Waals surface area contributed by atoms with Crippen molar-refractivity contribution in [2.45, 2.75) is 46.5 Å². The van der Waals surface area contributed by atoms with Crippen molar-refractivity contribution >= 4 is 53.9 Å². The zero-order chi connectivity index (χ0) is 34.6. The van der Waals surface area contributed by atoms with Gasteiger partial charge in [0.1, 0.15) is 0 Å². The highest BCUT2D eigenvalue weighted by Crippen LogP contribution is 2.52. The average Bonchev–Trinajstić information content (AvgIpc) is 3.92. The molecule has 2 unspecified atom stereocenters. The number of rotatable bonds is 5. The molecule has 9 aromatic rings. The van der Waals surface area contributed by atoms with E-state index < -0.39 is 0 Å². The minimum Gasteiger partial charge on any atom is -0.0630 e. The largest absolute Gasteiger partial charge is 0.0630 e. The molecule has 0 radical (unpaired) electrons. The van der Waals surface area contributed by atoms with Crippen LogP contribution in [0, 0.1) is 18.8 Å². The number of fused-ring (bicyclic) bond motifs is 2. The van der Waals surface area contributed by atoms with E-state index in [2.05, 4.69) is 179 Å². The molecule has 0 nitrogen and oxygen atoms in total. The molecule has 248 valence electrons. The molecule has 9 aromatic carbocycles. The number of benzene rings is 9. The lowest BCUT2D eigenvalue weighted by Gasteiger charge is -2.20. The van der Waals surface area contributed by atoms with Crippen LogP contribution < -0.4 is 0 Å². The standard InChI is InChI=1S/C47H34.C4H10/c1-29-8-2-7-13-39(29)45-28-38(45)26-37-27-44(36-17-15-31-10-4-6-12-34(31)25-36)43-21-19-32-18-20-40(42-23-22-41(37)47(43)46(32)42)35-16-14-30-9-3-5-11-33(30)24-35;1-4(2)3/h2-25,27,38,45H,26,28H2,1H3;4H,1-3H3. The Balaban J connectivity index is 0.000000830. The Labute approximate surface area is 301 Å². The van der Waals surface area contributed by atoms with E-state index in [-0.39, 0.29) is 0 Å². The van der Waals surface area contributed by atoms with Crippen molar-refractivity contribution in [3.8, 4) is 22.3 Å². The Morgan fingerprint density at radius 1 is 0.490 bits per heavy atom. The van der Waals surface area contributed by atoms with Crippen molar-refractivity contribution < 1.29 is 0 Å². The van der Waals surface area contributed by atoms with Gasteiger partial charge in [-0.25, -0.2) is 0 Å². The average molecular weight is 657 g/mol. The summed E-state index contributed by atoms with van der Waals surface area (Å²) in [4.78, 5) is 0. The fourth-order valence-corrected chi connectivity index (χ4v) is 8.48. The first-order chi connectivity index (χ1) is 24.9. The fourth-order valence-electron chi connectivity index (χ4n) is 8.48. The summed E-state index contributed by atoms with van der Waals surface area (Å²) < 4.78 is 0. The van der Waals surface area contributed by atoms with Crippen LogP contribution in [0.15, 0.2) is 152 Å². The molecule has 0 aromatic heterocycles. The second kappa shape index (κ2) is 12.7. The van der Waals surface area contributed by atoms with Gasteiger partial charge in [0.15, 0.2) is 0 Å². The van der Waals surface area contributed by atoms with Gasteiger partial charge in [-0.1, -0.05) is 154 Å². The smallest absolute Gasteiger partial charge is 0.00176 e. The first kappa shape index (κ1) is 31.5. The SMILES string of the molecule is CC(C)C.Cc1ccccc1C1CC1Cc1cc(-c2ccc3ccccc3c2)c2ccc3ccc(-c4ccc5ccccc5c4)c4ccc1c2c34. The van der Waals surface area contributed by atoms with Gasteiger partial charge in [-0.2, -0.15) is 0 Å². The quantitative estimate of drug-likeness (QED) is 0.162. The molecule has 0 heterocycles. The highest BCUT2D eigenvalue weighted by Gasteiger charge is 2.39. The van der Waals surface area contributed by atoms with Crippen LogP contribution in [0.4, 0.5) is 0 Å². The van der Waals surface area contributed by atoms with Crippen molar-refractivity contribution in [2.75, 3.05) is 0 Å². The third kappa shape index (κ3) is 5.74. The van der Waals surface area contributed by atoms with Gasteiger partial charge >= 0.3 is 0 Å². The van der Waals surface area contributed by atoms with Crippen LogP contribution in [0.2, 0.25) is 0 Å². The van der Waals surface area contributed by atoms with E-state index in [0.29, 0.717) is 11.8 Å². The third-order valence-electron chi connectivity index (χ3n) is 11.0. The van der Waals surface area contributed by atoms with Crippen molar-refractivity contribution in [1.82, 2.24) is 0 Å². The van der Waals surface area contributed by atoms with E-state index in [1.807, 2.05) is 0 Å². The molecule has 10 rings (SSSR count). The first-order valence-corrected chi connectivity index (χ1v) is 18.7. The van der Waals surface area contributed by atoms with Gasteiger partial charge in [-0.3, -0.25) is 0 Å². The number of hydrogen-bond donors (Lipinski definition) is 0. The van der Waals surface area contributed by atoms with Crippen LogP contribution >= 0.6 is 0 Å². The molecule has 1 aliphatic rings. The predicted molar refractivity (Wildman–Crippen MR) is 222 cm³/mol. The minimum absolute atomic E-state index is 0.651. The van der Waals surface area contributed by atoms with Crippen molar-refractivity contribution in [1.29, 1.82) is 0 Å². The minimum atomic E-state index is 0.651. The second-order valence-electron chi connectivity index (χ2n) is 15.5. The molecule has 0 aliphatic heterocycles. The fraction of sp³-hybridized carbons (Fsp3) is 0.176. The molecule has 0 bridgehead atoms. The van der Waals surface area contributed by atoms with E-state index in [9.17, 15) is 0 Å². The molecule has 51 heavy (non-hydrogen) atoms. The summed E-state index contributed by atoms with van der Waals surface area (Å²) in [5.74, 6) is 2.16. The maximum absolute atomic E-state index is 2.53. The molecule has 0 N–H and O–H groups in total. The number of aryl methyl sites for hydroxylation is 1. The molecule has 1 saturated carbocycles. The summed E-state index contributed by atoms with van der Waals surface area (Å²) in [6.07, 6.45) is 2.37. The van der Waals surface area contributed by atoms with Crippen LogP contribution in [0.1, 0.15) is 49.8 Å². The maximum atomic E-state index is 2.53. The summed E-state index contributed by atoms with van der Waals surface area (Å²) in [6, 6.07) is 57.0. The van der Waals surface area contributed by atoms with Gasteiger partial charge in [0.2, 0.25) is 0 Å². The summed E-state index contributed by atoms with van der Waals surface area (Å²) in [6.45, 7) is 8.77. The lowest BCUT2D eigenvalue weighted by molar-refractivity contribution is 0.737. The summed E-state index contributed by atoms with van der Waals surface area (Å²) in [7, 11) is 0. The van der Waals surface area contributed by atoms with Gasteiger partial charge in [-0.15, -0.1) is 0 Å². The van der Waals surface area contributed by atoms with Crippen molar-refractivity contribution in [2.24, 2.45) is 11.8 Å². The summed E-state index contributed by atoms with van der Waals surface area (Å²) in [5, 5.41) is 13.3. The van der Waals surface area contributed by atoms with E-state index >= 15 is 0 Å². The van der Waals surface area contributed by atoms with E-state index in [1.165, 1.54) is 99.2 Å². The van der Waals surface area contributed by atoms with Gasteiger partial charge in [-0.05, 0) is 149 Å². The highest BCUT2D eigenvalue weighted by molar-refractivity contribution is 6.28. The molecule has 2 atom stereocenters. The van der Waals surface area contributed by atoms with E-state index in [1.54, 1.807) is 0 Å². The van der Waals surface area contributed by atoms with Crippen LogP contribution in [0.5, 0.6) is 0 Å². The Kier molecular flexibility index (Phi) is 7.85. The number of hydrogen-bond acceptors (Lipinski definition) is 0.